The van der Waals surface area contributed by atoms with E-state index in [0.717, 1.165) is 0 Å². The van der Waals surface area contributed by atoms with Crippen molar-refractivity contribution < 1.29 is 28.7 Å². The Morgan fingerprint density at radius 2 is 1.02 bits per heavy atom. The lowest BCUT2D eigenvalue weighted by Gasteiger charge is -2.11. The van der Waals surface area contributed by atoms with Crippen LogP contribution in [0.15, 0.2) is 97.1 Å². The summed E-state index contributed by atoms with van der Waals surface area (Å²) in [5.41, 5.74) is 13.7. The molecule has 0 aromatic heterocycles. The van der Waals surface area contributed by atoms with E-state index < -0.39 is 12.1 Å². The minimum absolute atomic E-state index is 0.00663. The summed E-state index contributed by atoms with van der Waals surface area (Å²) in [4.78, 5) is 45.9. The molecular formula is C35H38N4O6. The van der Waals surface area contributed by atoms with E-state index >= 15 is 0 Å². The molecule has 0 fully saturated rings. The van der Waals surface area contributed by atoms with Gasteiger partial charge in [-0.15, -0.1) is 0 Å². The van der Waals surface area contributed by atoms with Gasteiger partial charge < -0.3 is 31.6 Å². The normalized spacial score (nSPS) is 11.6. The molecule has 4 aromatic carbocycles. The third kappa shape index (κ3) is 11.0. The number of nitrogens with two attached hydrogens (primary N) is 2. The summed E-state index contributed by atoms with van der Waals surface area (Å²) in [6.07, 6.45) is 0.574. The first-order chi connectivity index (χ1) is 21.4. The monoisotopic (exact) mass is 610 g/mol. The number of nitrogens with one attached hydrogen (secondary N) is 2. The molecule has 45 heavy (non-hydrogen) atoms. The van der Waals surface area contributed by atoms with Crippen molar-refractivity contribution >= 4 is 34.8 Å². The molecule has 0 bridgehead atoms. The van der Waals surface area contributed by atoms with Crippen LogP contribution in [0.5, 0.6) is 23.0 Å². The molecule has 4 aromatic rings. The van der Waals surface area contributed by atoms with Crippen LogP contribution in [0.1, 0.15) is 54.8 Å². The average Bonchev–Trinajstić information content (AvgIpc) is 3.01. The van der Waals surface area contributed by atoms with Crippen LogP contribution in [0, 0.1) is 0 Å². The van der Waals surface area contributed by atoms with Crippen LogP contribution in [-0.4, -0.2) is 35.5 Å². The lowest BCUT2D eigenvalue weighted by atomic mass is 10.1. The summed E-state index contributed by atoms with van der Waals surface area (Å²) >= 11 is 0. The zero-order valence-electron chi connectivity index (χ0n) is 25.7. The number of carbonyl (C=O) groups excluding carboxylic acids is 4. The maximum atomic E-state index is 11.8. The molecule has 10 heteroatoms. The van der Waals surface area contributed by atoms with Gasteiger partial charge >= 0.3 is 0 Å². The number of hydrogen-bond donors (Lipinski definition) is 4. The molecular weight excluding hydrogens is 572 g/mol. The van der Waals surface area contributed by atoms with Gasteiger partial charge in [0.15, 0.2) is 11.6 Å². The van der Waals surface area contributed by atoms with E-state index in [9.17, 15) is 19.2 Å². The highest BCUT2D eigenvalue weighted by Gasteiger charge is 2.12. The molecule has 6 N–H and O–H groups in total. The molecule has 0 saturated carbocycles. The Hall–Kier alpha value is -5.32. The Bertz CT molecular complexity index is 1620. The van der Waals surface area contributed by atoms with Gasteiger partial charge in [0, 0.05) is 34.6 Å². The summed E-state index contributed by atoms with van der Waals surface area (Å²) in [7, 11) is 0. The van der Waals surface area contributed by atoms with Gasteiger partial charge in [-0.2, -0.15) is 0 Å². The Morgan fingerprint density at radius 3 is 1.38 bits per heavy atom. The van der Waals surface area contributed by atoms with E-state index in [-0.39, 0.29) is 23.4 Å². The van der Waals surface area contributed by atoms with Gasteiger partial charge in [-0.1, -0.05) is 19.1 Å². The predicted molar refractivity (Wildman–Crippen MR) is 175 cm³/mol. The number of anilines is 2. The van der Waals surface area contributed by atoms with Crippen molar-refractivity contribution in [1.82, 2.24) is 0 Å². The molecule has 0 heterocycles. The number of benzene rings is 4. The number of carbonyl (C=O) groups is 4. The SMILES string of the molecule is CC(=O)c1ccc(Oc2cccc(NC(=O)C(C)N)c2)cc1.CCC(N)C(=O)Nc1cccc(Oc2ccc(C(C)=O)cc2)c1. The Balaban J connectivity index is 0.000000246. The average molecular weight is 611 g/mol. The second-order valence-corrected chi connectivity index (χ2v) is 10.2. The van der Waals surface area contributed by atoms with Gasteiger partial charge in [0.25, 0.3) is 0 Å². The van der Waals surface area contributed by atoms with Crippen molar-refractivity contribution in [3.8, 4) is 23.0 Å². The van der Waals surface area contributed by atoms with Crippen molar-refractivity contribution in [3.63, 3.8) is 0 Å². The predicted octanol–water partition coefficient (Wildman–Crippen LogP) is 6.32. The van der Waals surface area contributed by atoms with Crippen LogP contribution < -0.4 is 31.6 Å². The quantitative estimate of drug-likeness (QED) is 0.143. The van der Waals surface area contributed by atoms with Crippen molar-refractivity contribution in [2.24, 2.45) is 11.5 Å². The van der Waals surface area contributed by atoms with Crippen LogP contribution in [0.2, 0.25) is 0 Å². The van der Waals surface area contributed by atoms with E-state index in [1.165, 1.54) is 13.8 Å². The standard InChI is InChI=1S/C18H20N2O3.C17H18N2O3/c1-3-17(19)18(22)20-14-5-4-6-16(11-14)23-15-9-7-13(8-10-15)12(2)21;1-11(18)17(21)19-14-4-3-5-16(10-14)22-15-8-6-13(7-9-15)12(2)20/h4-11,17H,3,19H2,1-2H3,(H,20,22);3-11H,18H2,1-2H3,(H,19,21). The molecule has 4 rings (SSSR count). The summed E-state index contributed by atoms with van der Waals surface area (Å²) in [6, 6.07) is 26.7. The fraction of sp³-hybridized carbons (Fsp3) is 0.200. The minimum Gasteiger partial charge on any atom is -0.457 e. The van der Waals surface area contributed by atoms with E-state index in [0.29, 0.717) is 51.9 Å². The lowest BCUT2D eigenvalue weighted by Crippen LogP contribution is -2.34. The highest BCUT2D eigenvalue weighted by molar-refractivity contribution is 5.96. The fourth-order valence-corrected chi connectivity index (χ4v) is 3.74. The first-order valence-electron chi connectivity index (χ1n) is 14.4. The van der Waals surface area contributed by atoms with Crippen LogP contribution in [-0.2, 0) is 9.59 Å². The second-order valence-electron chi connectivity index (χ2n) is 10.2. The molecule has 2 amide bonds. The third-order valence-electron chi connectivity index (χ3n) is 6.39. The number of ketones is 2. The minimum atomic E-state index is -0.580. The number of rotatable bonds is 11. The highest BCUT2D eigenvalue weighted by atomic mass is 16.5. The van der Waals surface area contributed by atoms with Crippen molar-refractivity contribution in [1.29, 1.82) is 0 Å². The topological polar surface area (TPSA) is 163 Å². The third-order valence-corrected chi connectivity index (χ3v) is 6.39. The van der Waals surface area contributed by atoms with Crippen molar-refractivity contribution in [2.75, 3.05) is 10.6 Å². The summed E-state index contributed by atoms with van der Waals surface area (Å²) in [5.74, 6) is 1.92. The Kier molecular flexibility index (Phi) is 12.5. The first-order valence-corrected chi connectivity index (χ1v) is 14.4. The Morgan fingerprint density at radius 1 is 0.622 bits per heavy atom. The molecule has 0 aliphatic heterocycles. The van der Waals surface area contributed by atoms with Gasteiger partial charge in [0.1, 0.15) is 23.0 Å². The molecule has 0 saturated heterocycles. The number of hydrogen-bond acceptors (Lipinski definition) is 8. The van der Waals surface area contributed by atoms with E-state index in [1.807, 2.05) is 6.92 Å². The Labute approximate surface area is 262 Å². The maximum absolute atomic E-state index is 11.8. The van der Waals surface area contributed by atoms with Crippen LogP contribution in [0.25, 0.3) is 0 Å². The zero-order valence-corrected chi connectivity index (χ0v) is 25.7. The molecule has 2 unspecified atom stereocenters. The fourth-order valence-electron chi connectivity index (χ4n) is 3.74. The molecule has 2 atom stereocenters. The lowest BCUT2D eigenvalue weighted by molar-refractivity contribution is -0.118. The van der Waals surface area contributed by atoms with Gasteiger partial charge in [-0.25, -0.2) is 0 Å². The zero-order chi connectivity index (χ0) is 32.9. The summed E-state index contributed by atoms with van der Waals surface area (Å²) in [5, 5.41) is 5.46. The number of amides is 2. The van der Waals surface area contributed by atoms with E-state index in [4.69, 9.17) is 20.9 Å². The largest absolute Gasteiger partial charge is 0.457 e. The number of ether oxygens (including phenoxy) is 2. The van der Waals surface area contributed by atoms with E-state index in [2.05, 4.69) is 10.6 Å². The molecule has 0 aliphatic carbocycles. The molecule has 0 radical (unpaired) electrons. The summed E-state index contributed by atoms with van der Waals surface area (Å²) in [6.45, 7) is 6.50. The molecule has 10 nitrogen and oxygen atoms in total. The van der Waals surface area contributed by atoms with Gasteiger partial charge in [-0.3, -0.25) is 19.2 Å². The second kappa shape index (κ2) is 16.5. The maximum Gasteiger partial charge on any atom is 0.241 e. The van der Waals surface area contributed by atoms with Crippen molar-refractivity contribution in [3.05, 3.63) is 108 Å². The van der Waals surface area contributed by atoms with Crippen LogP contribution >= 0.6 is 0 Å². The number of Topliss-reactive ketones (excluding diaryl/α,β-unsaturated/α-hetero) is 2. The van der Waals surface area contributed by atoms with Crippen LogP contribution in [0.4, 0.5) is 11.4 Å². The smallest absolute Gasteiger partial charge is 0.241 e. The van der Waals surface area contributed by atoms with Gasteiger partial charge in [0.2, 0.25) is 11.8 Å². The van der Waals surface area contributed by atoms with Gasteiger partial charge in [-0.05, 0) is 100.0 Å². The first kappa shape index (κ1) is 34.2. The van der Waals surface area contributed by atoms with Crippen molar-refractivity contribution in [2.45, 2.75) is 46.2 Å². The molecule has 0 spiro atoms. The highest BCUT2D eigenvalue weighted by Crippen LogP contribution is 2.26. The van der Waals surface area contributed by atoms with Gasteiger partial charge in [0.05, 0.1) is 12.1 Å². The summed E-state index contributed by atoms with van der Waals surface area (Å²) < 4.78 is 11.4. The molecule has 0 aliphatic rings. The molecule has 234 valence electrons. The van der Waals surface area contributed by atoms with Crippen LogP contribution in [0.3, 0.4) is 0 Å². The van der Waals surface area contributed by atoms with E-state index in [1.54, 1.807) is 104 Å².